The first-order valence-electron chi connectivity index (χ1n) is 7.73. The largest absolute Gasteiger partial charge is 0.375 e. The van der Waals surface area contributed by atoms with Gasteiger partial charge in [0.05, 0.1) is 12.2 Å². The minimum absolute atomic E-state index is 0.115. The van der Waals surface area contributed by atoms with Crippen molar-refractivity contribution < 1.29 is 9.53 Å². The highest BCUT2D eigenvalue weighted by molar-refractivity contribution is 5.84. The molecule has 0 amide bonds. The summed E-state index contributed by atoms with van der Waals surface area (Å²) in [5.41, 5.74) is 0. The molecule has 1 saturated heterocycles. The van der Waals surface area contributed by atoms with Crippen LogP contribution in [-0.2, 0) is 9.53 Å². The van der Waals surface area contributed by atoms with Gasteiger partial charge < -0.3 is 4.74 Å². The van der Waals surface area contributed by atoms with Crippen molar-refractivity contribution in [1.82, 2.24) is 0 Å². The molecule has 0 aromatic rings. The first-order valence-corrected chi connectivity index (χ1v) is 7.73. The Labute approximate surface area is 111 Å². The molecule has 0 spiro atoms. The quantitative estimate of drug-likeness (QED) is 0.763. The number of hydrogen-bond acceptors (Lipinski definition) is 2. The fourth-order valence-electron chi connectivity index (χ4n) is 3.95. The molecule has 2 heteroatoms. The smallest absolute Gasteiger partial charge is 0.141 e. The average Bonchev–Trinajstić information content (AvgIpc) is 2.62. The van der Waals surface area contributed by atoms with Crippen LogP contribution in [0.1, 0.15) is 59.8 Å². The average molecular weight is 252 g/mol. The van der Waals surface area contributed by atoms with Gasteiger partial charge in [0, 0.05) is 11.8 Å². The number of ketones is 1. The molecule has 1 heterocycles. The fourth-order valence-corrected chi connectivity index (χ4v) is 3.95. The zero-order valence-corrected chi connectivity index (χ0v) is 12.3. The highest BCUT2D eigenvalue weighted by atomic mass is 16.5. The predicted molar refractivity (Wildman–Crippen MR) is 73.4 cm³/mol. The lowest BCUT2D eigenvalue weighted by atomic mass is 9.72. The van der Waals surface area contributed by atoms with Crippen molar-refractivity contribution in [3.8, 4) is 0 Å². The summed E-state index contributed by atoms with van der Waals surface area (Å²) in [6.45, 7) is 8.60. The van der Waals surface area contributed by atoms with Gasteiger partial charge in [0.2, 0.25) is 0 Å². The van der Waals surface area contributed by atoms with Crippen molar-refractivity contribution >= 4 is 5.78 Å². The Morgan fingerprint density at radius 2 is 1.89 bits per heavy atom. The van der Waals surface area contributed by atoms with Crippen LogP contribution in [0.4, 0.5) is 0 Å². The summed E-state index contributed by atoms with van der Waals surface area (Å²) in [5, 5.41) is 0. The number of rotatable bonds is 3. The van der Waals surface area contributed by atoms with Crippen LogP contribution in [0, 0.1) is 23.7 Å². The molecule has 18 heavy (non-hydrogen) atoms. The molecule has 1 aliphatic carbocycles. The molecule has 0 N–H and O–H groups in total. The minimum atomic E-state index is 0.115. The zero-order valence-electron chi connectivity index (χ0n) is 12.3. The Balaban J connectivity index is 2.02. The molecule has 2 fully saturated rings. The van der Waals surface area contributed by atoms with E-state index in [1.807, 2.05) is 0 Å². The van der Waals surface area contributed by atoms with E-state index in [0.717, 1.165) is 18.8 Å². The Morgan fingerprint density at radius 1 is 1.17 bits per heavy atom. The van der Waals surface area contributed by atoms with Crippen LogP contribution in [0.5, 0.6) is 0 Å². The third-order valence-corrected chi connectivity index (χ3v) is 5.33. The maximum atomic E-state index is 12.7. The van der Waals surface area contributed by atoms with Crippen LogP contribution in [0.3, 0.4) is 0 Å². The monoisotopic (exact) mass is 252 g/mol. The molecule has 0 bridgehead atoms. The molecule has 2 rings (SSSR count). The summed E-state index contributed by atoms with van der Waals surface area (Å²) in [5.74, 6) is 2.11. The molecule has 2 aliphatic rings. The molecular weight excluding hydrogens is 224 g/mol. The number of carbonyl (C=O) groups is 1. The molecule has 6 unspecified atom stereocenters. The van der Waals surface area contributed by atoms with Crippen molar-refractivity contribution in [2.75, 3.05) is 0 Å². The van der Waals surface area contributed by atoms with Gasteiger partial charge in [0.15, 0.2) is 0 Å². The fraction of sp³-hybridized carbons (Fsp3) is 0.938. The van der Waals surface area contributed by atoms with Gasteiger partial charge in [0.25, 0.3) is 0 Å². The third kappa shape index (κ3) is 2.64. The van der Waals surface area contributed by atoms with Gasteiger partial charge in [0.1, 0.15) is 5.78 Å². The Morgan fingerprint density at radius 3 is 2.44 bits per heavy atom. The summed E-state index contributed by atoms with van der Waals surface area (Å²) in [6.07, 6.45) is 6.37. The van der Waals surface area contributed by atoms with Gasteiger partial charge in [-0.3, -0.25) is 4.79 Å². The van der Waals surface area contributed by atoms with E-state index >= 15 is 0 Å². The predicted octanol–water partition coefficient (Wildman–Crippen LogP) is 3.83. The first kappa shape index (κ1) is 14.0. The number of Topliss-reactive ketones (excluding diaryl/α,β-unsaturated/α-hetero) is 1. The second-order valence-corrected chi connectivity index (χ2v) is 6.47. The van der Waals surface area contributed by atoms with Gasteiger partial charge in [-0.25, -0.2) is 0 Å². The lowest BCUT2D eigenvalue weighted by molar-refractivity contribution is -0.130. The molecule has 6 atom stereocenters. The van der Waals surface area contributed by atoms with Crippen LogP contribution in [0.25, 0.3) is 0 Å². The van der Waals surface area contributed by atoms with Gasteiger partial charge in [-0.1, -0.05) is 33.1 Å². The lowest BCUT2D eigenvalue weighted by Gasteiger charge is -2.30. The topological polar surface area (TPSA) is 26.3 Å². The molecule has 2 nitrogen and oxygen atoms in total. The van der Waals surface area contributed by atoms with E-state index < -0.39 is 0 Å². The zero-order chi connectivity index (χ0) is 13.3. The SMILES string of the molecule is CCC1CCCC(C(=O)C2C(C)OC(C)C2C)C1. The van der Waals surface area contributed by atoms with E-state index in [1.165, 1.54) is 19.3 Å². The summed E-state index contributed by atoms with van der Waals surface area (Å²) in [7, 11) is 0. The third-order valence-electron chi connectivity index (χ3n) is 5.33. The number of hydrogen-bond donors (Lipinski definition) is 0. The number of ether oxygens (including phenoxy) is 1. The van der Waals surface area contributed by atoms with Gasteiger partial charge in [-0.2, -0.15) is 0 Å². The van der Waals surface area contributed by atoms with Crippen molar-refractivity contribution in [2.45, 2.75) is 72.0 Å². The number of carbonyl (C=O) groups excluding carboxylic acids is 1. The van der Waals surface area contributed by atoms with Crippen LogP contribution >= 0.6 is 0 Å². The maximum Gasteiger partial charge on any atom is 0.141 e. The molecule has 104 valence electrons. The normalized spacial score (nSPS) is 45.1. The summed E-state index contributed by atoms with van der Waals surface area (Å²) in [4.78, 5) is 12.7. The summed E-state index contributed by atoms with van der Waals surface area (Å²) < 4.78 is 5.83. The van der Waals surface area contributed by atoms with Crippen molar-refractivity contribution in [3.05, 3.63) is 0 Å². The molecule has 1 aliphatic heterocycles. The van der Waals surface area contributed by atoms with E-state index in [0.29, 0.717) is 17.6 Å². The lowest BCUT2D eigenvalue weighted by Crippen LogP contribution is -2.34. The van der Waals surface area contributed by atoms with Crippen molar-refractivity contribution in [2.24, 2.45) is 23.7 Å². The molecule has 1 saturated carbocycles. The second kappa shape index (κ2) is 5.73. The Kier molecular flexibility index (Phi) is 4.47. The molecule has 0 radical (unpaired) electrons. The molecule has 0 aromatic heterocycles. The summed E-state index contributed by atoms with van der Waals surface area (Å²) >= 11 is 0. The van der Waals surface area contributed by atoms with Crippen LogP contribution in [0.15, 0.2) is 0 Å². The maximum absolute atomic E-state index is 12.7. The minimum Gasteiger partial charge on any atom is -0.375 e. The van der Waals surface area contributed by atoms with E-state index in [9.17, 15) is 4.79 Å². The van der Waals surface area contributed by atoms with E-state index in [-0.39, 0.29) is 18.1 Å². The van der Waals surface area contributed by atoms with Crippen molar-refractivity contribution in [3.63, 3.8) is 0 Å². The second-order valence-electron chi connectivity index (χ2n) is 6.47. The standard InChI is InChI=1S/C16H28O2/c1-5-13-7-6-8-14(9-13)16(17)15-10(2)11(3)18-12(15)4/h10-15H,5-9H2,1-4H3. The van der Waals surface area contributed by atoms with Crippen LogP contribution in [-0.4, -0.2) is 18.0 Å². The van der Waals surface area contributed by atoms with E-state index in [4.69, 9.17) is 4.74 Å². The first-order chi connectivity index (χ1) is 8.54. The Bertz CT molecular complexity index is 299. The molecular formula is C16H28O2. The van der Waals surface area contributed by atoms with E-state index in [1.54, 1.807) is 0 Å². The highest BCUT2D eigenvalue weighted by Gasteiger charge is 2.44. The van der Waals surface area contributed by atoms with Gasteiger partial charge in [-0.05, 0) is 38.5 Å². The van der Waals surface area contributed by atoms with Crippen molar-refractivity contribution in [1.29, 1.82) is 0 Å². The highest BCUT2D eigenvalue weighted by Crippen LogP contribution is 2.39. The van der Waals surface area contributed by atoms with Crippen LogP contribution in [0.2, 0.25) is 0 Å². The van der Waals surface area contributed by atoms with Gasteiger partial charge >= 0.3 is 0 Å². The molecule has 0 aromatic carbocycles. The van der Waals surface area contributed by atoms with Crippen LogP contribution < -0.4 is 0 Å². The van der Waals surface area contributed by atoms with E-state index in [2.05, 4.69) is 27.7 Å². The van der Waals surface area contributed by atoms with Gasteiger partial charge in [-0.15, -0.1) is 0 Å². The summed E-state index contributed by atoms with van der Waals surface area (Å²) in [6, 6.07) is 0. The Hall–Kier alpha value is -0.370.